The zero-order chi connectivity index (χ0) is 17.1. The molecule has 1 aromatic heterocycles. The molecule has 0 amide bonds. The number of hydrogen-bond acceptors (Lipinski definition) is 4. The Morgan fingerprint density at radius 3 is 2.67 bits per heavy atom. The van der Waals surface area contributed by atoms with Gasteiger partial charge in [0.05, 0.1) is 12.1 Å². The third-order valence-corrected chi connectivity index (χ3v) is 4.67. The van der Waals surface area contributed by atoms with E-state index in [1.165, 1.54) is 6.42 Å². The molecular weight excluding hydrogens is 366 g/mol. The van der Waals surface area contributed by atoms with Crippen molar-refractivity contribution < 1.29 is 0 Å². The second-order valence-corrected chi connectivity index (χ2v) is 6.62. The first-order valence-corrected chi connectivity index (χ1v) is 8.57. The third-order valence-electron chi connectivity index (χ3n) is 4.17. The summed E-state index contributed by atoms with van der Waals surface area (Å²) >= 11 is 3.45. The van der Waals surface area contributed by atoms with Gasteiger partial charge in [0.15, 0.2) is 0 Å². The highest BCUT2D eigenvalue weighted by Crippen LogP contribution is 2.42. The maximum Gasteiger partial charge on any atom is 0.237 e. The fraction of sp³-hybridized carbons (Fsp3) is 0.278. The average molecular weight is 382 g/mol. The summed E-state index contributed by atoms with van der Waals surface area (Å²) in [5, 5.41) is 9.80. The lowest BCUT2D eigenvalue weighted by Crippen LogP contribution is -2.31. The number of benzene rings is 1. The third kappa shape index (κ3) is 2.93. The summed E-state index contributed by atoms with van der Waals surface area (Å²) in [6.45, 7) is 9.20. The van der Waals surface area contributed by atoms with Crippen molar-refractivity contribution in [2.45, 2.75) is 19.3 Å². The quantitative estimate of drug-likeness (QED) is 0.776. The average Bonchev–Trinajstić information content (AvgIpc) is 2.61. The molecule has 24 heavy (non-hydrogen) atoms. The molecule has 0 spiro atoms. The molecule has 1 aromatic carbocycles. The van der Waals surface area contributed by atoms with Crippen LogP contribution in [0.4, 0.5) is 17.3 Å². The van der Waals surface area contributed by atoms with Gasteiger partial charge in [-0.25, -0.2) is 9.83 Å². The molecule has 120 valence electrons. The first-order valence-electron chi connectivity index (χ1n) is 7.77. The van der Waals surface area contributed by atoms with E-state index >= 15 is 0 Å². The van der Waals surface area contributed by atoms with Crippen molar-refractivity contribution in [1.82, 2.24) is 4.98 Å². The number of nitrogen functional groups attached to an aromatic ring is 1. The Hall–Kier alpha value is -2.57. The van der Waals surface area contributed by atoms with E-state index in [0.29, 0.717) is 16.9 Å². The van der Waals surface area contributed by atoms with E-state index in [-0.39, 0.29) is 11.5 Å². The Kier molecular flexibility index (Phi) is 4.69. The van der Waals surface area contributed by atoms with Gasteiger partial charge in [-0.1, -0.05) is 28.1 Å². The molecule has 0 aliphatic carbocycles. The molecule has 3 rings (SSSR count). The van der Waals surface area contributed by atoms with E-state index in [2.05, 4.69) is 36.7 Å². The highest BCUT2D eigenvalue weighted by molar-refractivity contribution is 9.10. The van der Waals surface area contributed by atoms with Crippen LogP contribution in [-0.2, 0) is 0 Å². The summed E-state index contributed by atoms with van der Waals surface area (Å²) in [6.07, 6.45) is 3.33. The minimum Gasteiger partial charge on any atom is -0.392 e. The number of halogens is 1. The smallest absolute Gasteiger partial charge is 0.237 e. The van der Waals surface area contributed by atoms with Crippen LogP contribution in [0.2, 0.25) is 0 Å². The zero-order valence-electron chi connectivity index (χ0n) is 13.1. The Balaban J connectivity index is 2.28. The lowest BCUT2D eigenvalue weighted by Gasteiger charge is -2.29. The number of nitrogens with zero attached hydrogens (tertiary/aromatic N) is 4. The number of hydrogen-bond donors (Lipinski definition) is 1. The van der Waals surface area contributed by atoms with Gasteiger partial charge in [0, 0.05) is 23.1 Å². The number of anilines is 2. The molecule has 1 aliphatic rings. The first-order chi connectivity index (χ1) is 11.7. The number of nitriles is 1. The van der Waals surface area contributed by atoms with Gasteiger partial charge in [0.2, 0.25) is 5.69 Å². The van der Waals surface area contributed by atoms with Crippen molar-refractivity contribution in [2.75, 3.05) is 23.7 Å². The maximum absolute atomic E-state index is 9.80. The van der Waals surface area contributed by atoms with Crippen molar-refractivity contribution in [2.24, 2.45) is 0 Å². The summed E-state index contributed by atoms with van der Waals surface area (Å²) in [7, 11) is 0. The van der Waals surface area contributed by atoms with E-state index in [1.54, 1.807) is 0 Å². The maximum atomic E-state index is 9.80. The van der Waals surface area contributed by atoms with Gasteiger partial charge in [-0.2, -0.15) is 5.26 Å². The second-order valence-electron chi connectivity index (χ2n) is 5.70. The van der Waals surface area contributed by atoms with Crippen LogP contribution in [0.15, 0.2) is 28.7 Å². The lowest BCUT2D eigenvalue weighted by molar-refractivity contribution is 0.573. The van der Waals surface area contributed by atoms with Crippen LogP contribution in [0.25, 0.3) is 16.0 Å². The number of nitrogens with two attached hydrogens (primary N) is 1. The van der Waals surface area contributed by atoms with Crippen LogP contribution >= 0.6 is 15.9 Å². The van der Waals surface area contributed by atoms with Crippen molar-refractivity contribution in [1.29, 1.82) is 5.26 Å². The first kappa shape index (κ1) is 16.3. The van der Waals surface area contributed by atoms with Crippen molar-refractivity contribution >= 4 is 33.3 Å². The predicted octanol–water partition coefficient (Wildman–Crippen LogP) is 4.51. The van der Waals surface area contributed by atoms with Gasteiger partial charge in [0.1, 0.15) is 17.7 Å². The van der Waals surface area contributed by atoms with Crippen LogP contribution in [0.5, 0.6) is 0 Å². The van der Waals surface area contributed by atoms with E-state index in [4.69, 9.17) is 12.3 Å². The number of aromatic nitrogens is 1. The molecule has 0 bridgehead atoms. The highest BCUT2D eigenvalue weighted by atomic mass is 79.9. The number of pyridine rings is 1. The molecule has 0 atom stereocenters. The minimum absolute atomic E-state index is 0.180. The van der Waals surface area contributed by atoms with E-state index in [0.717, 1.165) is 36.0 Å². The lowest BCUT2D eigenvalue weighted by atomic mass is 9.98. The van der Waals surface area contributed by atoms with E-state index in [1.807, 2.05) is 24.3 Å². The van der Waals surface area contributed by atoms with Gasteiger partial charge in [0.25, 0.3) is 0 Å². The van der Waals surface area contributed by atoms with Crippen LogP contribution in [0.3, 0.4) is 0 Å². The molecular formula is C18H16BrN5. The highest BCUT2D eigenvalue weighted by Gasteiger charge is 2.24. The molecule has 2 heterocycles. The molecule has 2 N–H and O–H groups in total. The molecule has 5 nitrogen and oxygen atoms in total. The summed E-state index contributed by atoms with van der Waals surface area (Å²) < 4.78 is 0.884. The van der Waals surface area contributed by atoms with Crippen LogP contribution < -0.4 is 10.6 Å². The summed E-state index contributed by atoms with van der Waals surface area (Å²) in [5.74, 6) is 0.775. The van der Waals surface area contributed by atoms with Gasteiger partial charge >= 0.3 is 0 Å². The zero-order valence-corrected chi connectivity index (χ0v) is 14.7. The molecule has 0 unspecified atom stereocenters. The fourth-order valence-corrected chi connectivity index (χ4v) is 3.46. The monoisotopic (exact) mass is 381 g/mol. The molecule has 0 saturated carbocycles. The van der Waals surface area contributed by atoms with Crippen LogP contribution in [0, 0.1) is 17.9 Å². The van der Waals surface area contributed by atoms with E-state index < -0.39 is 0 Å². The predicted molar refractivity (Wildman–Crippen MR) is 98.8 cm³/mol. The number of piperidine rings is 1. The summed E-state index contributed by atoms with van der Waals surface area (Å²) in [4.78, 5) is 10.1. The van der Waals surface area contributed by atoms with Crippen molar-refractivity contribution in [3.8, 4) is 17.2 Å². The second kappa shape index (κ2) is 6.90. The number of rotatable bonds is 2. The molecule has 6 heteroatoms. The van der Waals surface area contributed by atoms with Gasteiger partial charge in [-0.05, 0) is 37.0 Å². The van der Waals surface area contributed by atoms with Crippen LogP contribution in [-0.4, -0.2) is 18.1 Å². The van der Waals surface area contributed by atoms with E-state index in [9.17, 15) is 5.26 Å². The van der Waals surface area contributed by atoms with Gasteiger partial charge < -0.3 is 10.6 Å². The Morgan fingerprint density at radius 1 is 1.29 bits per heavy atom. The SMILES string of the molecule is [C-]#[N+]c1c(N)nc(N2CCCCC2)c(C#N)c1-c1cccc(Br)c1. The summed E-state index contributed by atoms with van der Waals surface area (Å²) in [5.41, 5.74) is 8.10. The van der Waals surface area contributed by atoms with Gasteiger partial charge in [-0.15, -0.1) is 0 Å². The molecule has 1 aliphatic heterocycles. The summed E-state index contributed by atoms with van der Waals surface area (Å²) in [6, 6.07) is 9.83. The molecule has 1 saturated heterocycles. The van der Waals surface area contributed by atoms with Crippen molar-refractivity contribution in [3.63, 3.8) is 0 Å². The fourth-order valence-electron chi connectivity index (χ4n) is 3.06. The van der Waals surface area contributed by atoms with Crippen molar-refractivity contribution in [3.05, 3.63) is 45.7 Å². The molecule has 0 radical (unpaired) electrons. The van der Waals surface area contributed by atoms with Crippen LogP contribution in [0.1, 0.15) is 24.8 Å². The Morgan fingerprint density at radius 2 is 2.04 bits per heavy atom. The molecule has 2 aromatic rings. The standard InChI is InChI=1S/C18H16BrN5/c1-22-16-15(12-6-5-7-13(19)10-12)14(11-20)18(23-17(16)21)24-8-3-2-4-9-24/h5-7,10H,2-4,8-9H2,(H2,21,23). The topological polar surface area (TPSA) is 70.3 Å². The largest absolute Gasteiger partial charge is 0.392 e. The Labute approximate surface area is 149 Å². The minimum atomic E-state index is 0.180. The molecule has 1 fully saturated rings. The van der Waals surface area contributed by atoms with Gasteiger partial charge in [-0.3, -0.25) is 0 Å². The normalized spacial score (nSPS) is 14.0. The Bertz CT molecular complexity index is 857.